The number of aliphatic carboxylic acids is 2. The van der Waals surface area contributed by atoms with Crippen molar-refractivity contribution < 1.29 is 34.3 Å². The Bertz CT molecular complexity index is 799. The van der Waals surface area contributed by atoms with Crippen LogP contribution in [0.4, 0.5) is 0 Å². The number of rotatable bonds is 8. The largest absolute Gasteiger partial charge is 0.480 e. The van der Waals surface area contributed by atoms with Gasteiger partial charge in [0.05, 0.1) is 13.1 Å². The van der Waals surface area contributed by atoms with Crippen LogP contribution in [0.1, 0.15) is 11.1 Å². The first kappa shape index (κ1) is 30.4. The molecule has 1 heterocycles. The summed E-state index contributed by atoms with van der Waals surface area (Å²) in [6, 6.07) is 7.98. The molecule has 2 amide bonds. The Morgan fingerprint density at radius 1 is 0.886 bits per heavy atom. The van der Waals surface area contributed by atoms with Crippen molar-refractivity contribution in [2.75, 3.05) is 65.4 Å². The molecule has 13 heteroatoms. The normalized spacial score (nSPS) is 17.7. The molecule has 1 aromatic rings. The summed E-state index contributed by atoms with van der Waals surface area (Å²) in [4.78, 5) is 58.6. The van der Waals surface area contributed by atoms with Crippen molar-refractivity contribution in [1.82, 2.24) is 19.4 Å². The highest BCUT2D eigenvalue weighted by Gasteiger charge is 2.22. The van der Waals surface area contributed by atoms with Crippen LogP contribution in [0.15, 0.2) is 24.3 Å². The van der Waals surface area contributed by atoms with Gasteiger partial charge in [-0.2, -0.15) is 0 Å². The molecule has 1 unspecified atom stereocenters. The lowest BCUT2D eigenvalue weighted by atomic mass is 10.2. The summed E-state index contributed by atoms with van der Waals surface area (Å²) in [6.45, 7) is 4.91. The molecule has 0 spiro atoms. The second-order valence-electron chi connectivity index (χ2n) is 8.09. The van der Waals surface area contributed by atoms with Gasteiger partial charge < -0.3 is 25.7 Å². The summed E-state index contributed by atoms with van der Waals surface area (Å²) in [5.41, 5.74) is 6.33. The minimum Gasteiger partial charge on any atom is -0.480 e. The number of carboxylic acids is 2. The standard InChI is InChI=1S/C21H33N4O6P.CH3NO/c1-18-2-4-19(5-3-18)16-32(31)25-12-10-23(15-21(29)30)7-6-22(14-20(27)28)8-9-24(17-26)11-13-25;2-1-3/h2-5,17,31H,6-16H2,1H3,(H,27,28)(H,29,30);1H,(H2,2,3). The highest BCUT2D eigenvalue weighted by Crippen LogP contribution is 2.39. The van der Waals surface area contributed by atoms with E-state index in [0.717, 1.165) is 17.5 Å². The fourth-order valence-corrected chi connectivity index (χ4v) is 4.87. The van der Waals surface area contributed by atoms with Gasteiger partial charge >= 0.3 is 11.9 Å². The average molecular weight is 514 g/mol. The highest BCUT2D eigenvalue weighted by atomic mass is 31.2. The molecule has 0 aliphatic carbocycles. The van der Waals surface area contributed by atoms with Gasteiger partial charge in [0.25, 0.3) is 0 Å². The molecule has 1 aliphatic rings. The summed E-state index contributed by atoms with van der Waals surface area (Å²) in [7, 11) is -1.50. The first-order valence-corrected chi connectivity index (χ1v) is 12.6. The van der Waals surface area contributed by atoms with Gasteiger partial charge in [0.2, 0.25) is 12.8 Å². The Labute approximate surface area is 206 Å². The smallest absolute Gasteiger partial charge is 0.317 e. The molecule has 2 rings (SSSR count). The third kappa shape index (κ3) is 13.1. The molecule has 12 nitrogen and oxygen atoms in total. The topological polar surface area (TPSA) is 168 Å². The Morgan fingerprint density at radius 3 is 1.80 bits per heavy atom. The number of nitrogens with two attached hydrogens (primary N) is 1. The van der Waals surface area contributed by atoms with Crippen LogP contribution in [0.2, 0.25) is 0 Å². The molecule has 1 aromatic carbocycles. The number of benzene rings is 1. The second kappa shape index (κ2) is 16.9. The van der Waals surface area contributed by atoms with E-state index in [1.54, 1.807) is 14.7 Å². The third-order valence-electron chi connectivity index (χ3n) is 5.39. The maximum Gasteiger partial charge on any atom is 0.317 e. The fraction of sp³-hybridized carbons (Fsp3) is 0.545. The van der Waals surface area contributed by atoms with Crippen molar-refractivity contribution in [3.63, 3.8) is 0 Å². The molecule has 196 valence electrons. The van der Waals surface area contributed by atoms with Crippen LogP contribution in [0.3, 0.4) is 0 Å². The summed E-state index contributed by atoms with van der Waals surface area (Å²) >= 11 is 0. The van der Waals surface area contributed by atoms with Gasteiger partial charge in [-0.05, 0) is 12.5 Å². The number of nitrogens with zero attached hydrogens (tertiary/aromatic N) is 4. The number of carboxylic acid groups (broad SMARTS) is 2. The lowest BCUT2D eigenvalue weighted by molar-refractivity contribution is -0.140. The number of hydrogen-bond acceptors (Lipinski definition) is 8. The van der Waals surface area contributed by atoms with Gasteiger partial charge in [-0.25, -0.2) is 0 Å². The Morgan fingerprint density at radius 2 is 1.31 bits per heavy atom. The van der Waals surface area contributed by atoms with E-state index in [2.05, 4.69) is 5.73 Å². The molecule has 1 fully saturated rings. The van der Waals surface area contributed by atoms with Gasteiger partial charge in [0.1, 0.15) is 8.30 Å². The van der Waals surface area contributed by atoms with Gasteiger partial charge in [0, 0.05) is 58.5 Å². The monoisotopic (exact) mass is 513 g/mol. The van der Waals surface area contributed by atoms with E-state index in [0.29, 0.717) is 58.5 Å². The van der Waals surface area contributed by atoms with E-state index in [9.17, 15) is 24.4 Å². The SMILES string of the molecule is Cc1ccc(CP(O)N2CCN(C=O)CCN(CC(=O)O)CCN(CC(=O)O)CC2)cc1.NC=O. The van der Waals surface area contributed by atoms with Crippen LogP contribution in [0.5, 0.6) is 0 Å². The average Bonchev–Trinajstić information content (AvgIpc) is 2.79. The maximum atomic E-state index is 11.5. The minimum absolute atomic E-state index is 0.156. The van der Waals surface area contributed by atoms with Crippen LogP contribution >= 0.6 is 8.30 Å². The van der Waals surface area contributed by atoms with Crippen LogP contribution in [0, 0.1) is 6.92 Å². The summed E-state index contributed by atoms with van der Waals surface area (Å²) < 4.78 is 1.93. The van der Waals surface area contributed by atoms with E-state index >= 15 is 0 Å². The maximum absolute atomic E-state index is 11.5. The predicted molar refractivity (Wildman–Crippen MR) is 132 cm³/mol. The van der Waals surface area contributed by atoms with E-state index in [-0.39, 0.29) is 19.5 Å². The Kier molecular flexibility index (Phi) is 14.7. The molecule has 1 saturated heterocycles. The highest BCUT2D eigenvalue weighted by molar-refractivity contribution is 7.48. The zero-order valence-corrected chi connectivity index (χ0v) is 20.9. The van der Waals surface area contributed by atoms with Gasteiger partial charge in [-0.15, -0.1) is 0 Å². The number of carbonyl (C=O) groups excluding carboxylic acids is 2. The third-order valence-corrected chi connectivity index (χ3v) is 7.09. The molecule has 1 atom stereocenters. The van der Waals surface area contributed by atoms with Gasteiger partial charge in [-0.1, -0.05) is 29.8 Å². The molecule has 0 saturated carbocycles. The molecule has 35 heavy (non-hydrogen) atoms. The van der Waals surface area contributed by atoms with Gasteiger partial charge in [-0.3, -0.25) is 33.6 Å². The Balaban J connectivity index is 0.00000194. The molecule has 1 aliphatic heterocycles. The molecular formula is C22H36N5O7P. The predicted octanol–water partition coefficient (Wildman–Crippen LogP) is -0.552. The molecular weight excluding hydrogens is 477 g/mol. The van der Waals surface area contributed by atoms with E-state index in [4.69, 9.17) is 9.90 Å². The number of carbonyl (C=O) groups is 4. The van der Waals surface area contributed by atoms with Crippen molar-refractivity contribution in [3.8, 4) is 0 Å². The zero-order valence-electron chi connectivity index (χ0n) is 20.0. The van der Waals surface area contributed by atoms with Crippen molar-refractivity contribution in [2.24, 2.45) is 5.73 Å². The Hall–Kier alpha value is -2.63. The van der Waals surface area contributed by atoms with Crippen LogP contribution in [0.25, 0.3) is 0 Å². The first-order valence-electron chi connectivity index (χ1n) is 11.2. The van der Waals surface area contributed by atoms with Crippen molar-refractivity contribution >= 4 is 33.1 Å². The molecule has 5 N–H and O–H groups in total. The summed E-state index contributed by atoms with van der Waals surface area (Å²) in [6.07, 6.45) is 1.49. The van der Waals surface area contributed by atoms with Gasteiger partial charge in [0.15, 0.2) is 0 Å². The quantitative estimate of drug-likeness (QED) is 0.261. The number of aryl methyl sites for hydroxylation is 1. The second-order valence-corrected chi connectivity index (χ2v) is 9.71. The molecule has 0 bridgehead atoms. The lowest BCUT2D eigenvalue weighted by Crippen LogP contribution is -2.46. The van der Waals surface area contributed by atoms with Crippen molar-refractivity contribution in [3.05, 3.63) is 35.4 Å². The van der Waals surface area contributed by atoms with Crippen LogP contribution < -0.4 is 5.73 Å². The number of hydrogen-bond donors (Lipinski definition) is 4. The van der Waals surface area contributed by atoms with Crippen LogP contribution in [-0.4, -0.2) is 125 Å². The minimum atomic E-state index is -1.50. The molecule has 0 radical (unpaired) electrons. The zero-order chi connectivity index (χ0) is 26.2. The van der Waals surface area contributed by atoms with Crippen LogP contribution in [-0.2, 0) is 25.3 Å². The van der Waals surface area contributed by atoms with E-state index in [1.807, 2.05) is 35.9 Å². The number of primary amides is 1. The van der Waals surface area contributed by atoms with Crippen molar-refractivity contribution in [2.45, 2.75) is 13.1 Å². The molecule has 0 aromatic heterocycles. The number of amides is 2. The lowest BCUT2D eigenvalue weighted by Gasteiger charge is -2.34. The summed E-state index contributed by atoms with van der Waals surface area (Å²) in [5.74, 6) is -1.92. The fourth-order valence-electron chi connectivity index (χ4n) is 3.49. The van der Waals surface area contributed by atoms with E-state index in [1.165, 1.54) is 0 Å². The summed E-state index contributed by atoms with van der Waals surface area (Å²) in [5, 5.41) is 18.4. The van der Waals surface area contributed by atoms with E-state index < -0.39 is 20.2 Å². The first-order chi connectivity index (χ1) is 16.7. The van der Waals surface area contributed by atoms with Crippen molar-refractivity contribution in [1.29, 1.82) is 0 Å².